The molecule has 1 aromatic rings. The molecule has 0 spiro atoms. The van der Waals surface area contributed by atoms with Gasteiger partial charge in [0.15, 0.2) is 0 Å². The van der Waals surface area contributed by atoms with Crippen molar-refractivity contribution in [1.29, 1.82) is 0 Å². The Hall–Kier alpha value is -1.62. The van der Waals surface area contributed by atoms with E-state index >= 15 is 0 Å². The first-order valence-corrected chi connectivity index (χ1v) is 11.4. The Labute approximate surface area is 168 Å². The third-order valence-electron chi connectivity index (χ3n) is 7.40. The van der Waals surface area contributed by atoms with Gasteiger partial charge in [-0.05, 0) is 68.9 Å². The van der Waals surface area contributed by atoms with Crippen LogP contribution in [-0.2, 0) is 6.42 Å². The number of nitrogens with one attached hydrogen (secondary N) is 1. The van der Waals surface area contributed by atoms with E-state index in [2.05, 4.69) is 39.9 Å². The summed E-state index contributed by atoms with van der Waals surface area (Å²) in [7, 11) is 0. The Kier molecular flexibility index (Phi) is 4.82. The number of hydrogen-bond acceptors (Lipinski definition) is 3. The molecule has 0 unspecified atom stereocenters. The summed E-state index contributed by atoms with van der Waals surface area (Å²) in [6, 6.07) is 3.04. The number of carbonyl (C=O) groups excluding carboxylic acids is 1. The Bertz CT molecular complexity index is 766. The number of fused-ring (bicyclic) bond motifs is 6. The van der Waals surface area contributed by atoms with Crippen molar-refractivity contribution < 1.29 is 4.79 Å². The summed E-state index contributed by atoms with van der Waals surface area (Å²) in [6.45, 7) is 7.68. The van der Waals surface area contributed by atoms with Gasteiger partial charge in [0, 0.05) is 24.8 Å². The van der Waals surface area contributed by atoms with Gasteiger partial charge in [-0.15, -0.1) is 0 Å². The van der Waals surface area contributed by atoms with Crippen molar-refractivity contribution in [3.63, 3.8) is 0 Å². The average Bonchev–Trinajstić information content (AvgIpc) is 3.15. The van der Waals surface area contributed by atoms with Crippen LogP contribution in [0, 0.1) is 17.8 Å². The van der Waals surface area contributed by atoms with Gasteiger partial charge in [-0.1, -0.05) is 31.9 Å². The van der Waals surface area contributed by atoms with Crippen molar-refractivity contribution in [3.05, 3.63) is 29.1 Å². The first kappa shape index (κ1) is 18.4. The zero-order valence-electron chi connectivity index (χ0n) is 17.4. The summed E-state index contributed by atoms with van der Waals surface area (Å²) in [5, 5.41) is 7.47. The van der Waals surface area contributed by atoms with Crippen molar-refractivity contribution in [1.82, 2.24) is 20.0 Å². The molecule has 5 heteroatoms. The molecule has 0 saturated carbocycles. The molecule has 5 nitrogen and oxygen atoms in total. The fraction of sp³-hybridized carbons (Fsp3) is 0.739. The number of carbonyl (C=O) groups is 1. The Morgan fingerprint density at radius 2 is 2.18 bits per heavy atom. The molecule has 152 valence electrons. The highest BCUT2D eigenvalue weighted by atomic mass is 16.2. The van der Waals surface area contributed by atoms with Gasteiger partial charge in [-0.2, -0.15) is 5.10 Å². The van der Waals surface area contributed by atoms with Crippen molar-refractivity contribution in [2.24, 2.45) is 17.8 Å². The van der Waals surface area contributed by atoms with Gasteiger partial charge < -0.3 is 4.90 Å². The Balaban J connectivity index is 1.40. The summed E-state index contributed by atoms with van der Waals surface area (Å²) in [6.07, 6.45) is 11.1. The number of rotatable bonds is 3. The van der Waals surface area contributed by atoms with E-state index in [1.165, 1.54) is 45.2 Å². The van der Waals surface area contributed by atoms with Gasteiger partial charge in [0.05, 0.1) is 6.04 Å². The van der Waals surface area contributed by atoms with Gasteiger partial charge in [0.25, 0.3) is 5.91 Å². The normalized spacial score (nSPS) is 32.7. The molecule has 1 amide bonds. The lowest BCUT2D eigenvalue weighted by Gasteiger charge is -2.54. The lowest BCUT2D eigenvalue weighted by Crippen LogP contribution is -2.60. The number of likely N-dealkylation sites (tertiary alicyclic amines) is 1. The SMILES string of the molecule is CC(C)Cc1cc(C(=O)N2CCCC3=C[C@H]4C[C@H](CN5CCCC[C@H]45)[C@H]32)n[nH]1. The largest absolute Gasteiger partial charge is 0.330 e. The van der Waals surface area contributed by atoms with E-state index in [9.17, 15) is 4.79 Å². The van der Waals surface area contributed by atoms with E-state index in [1.54, 1.807) is 5.57 Å². The third kappa shape index (κ3) is 3.22. The lowest BCUT2D eigenvalue weighted by molar-refractivity contribution is 0.00131. The van der Waals surface area contributed by atoms with E-state index in [-0.39, 0.29) is 5.91 Å². The minimum Gasteiger partial charge on any atom is -0.330 e. The smallest absolute Gasteiger partial charge is 0.274 e. The van der Waals surface area contributed by atoms with Crippen molar-refractivity contribution in [3.8, 4) is 0 Å². The summed E-state index contributed by atoms with van der Waals surface area (Å²) < 4.78 is 0. The topological polar surface area (TPSA) is 52.2 Å². The van der Waals surface area contributed by atoms with E-state index in [1.807, 2.05) is 6.07 Å². The Morgan fingerprint density at radius 1 is 1.29 bits per heavy atom. The average molecular weight is 383 g/mol. The van der Waals surface area contributed by atoms with Crippen LogP contribution in [0.15, 0.2) is 17.7 Å². The molecule has 4 heterocycles. The van der Waals surface area contributed by atoms with E-state index in [0.717, 1.165) is 31.1 Å². The maximum Gasteiger partial charge on any atom is 0.274 e. The van der Waals surface area contributed by atoms with Gasteiger partial charge in [0.1, 0.15) is 5.69 Å². The summed E-state index contributed by atoms with van der Waals surface area (Å²) in [4.78, 5) is 18.3. The monoisotopic (exact) mass is 382 g/mol. The number of aromatic amines is 1. The van der Waals surface area contributed by atoms with Crippen LogP contribution in [0.5, 0.6) is 0 Å². The van der Waals surface area contributed by atoms with E-state index in [4.69, 9.17) is 0 Å². The zero-order chi connectivity index (χ0) is 19.3. The maximum absolute atomic E-state index is 13.4. The Morgan fingerprint density at radius 3 is 3.04 bits per heavy atom. The molecular formula is C23H34N4O. The summed E-state index contributed by atoms with van der Waals surface area (Å²) in [5.74, 6) is 1.99. The number of H-pyrrole nitrogens is 1. The standard InChI is InChI=1S/C23H34N4O/c1-15(2)10-19-13-20(25-24-19)23(28)27-9-5-6-16-11-17-12-18(22(16)27)14-26-8-4-3-7-21(17)26/h11,13,15,17-18,21-22H,3-10,12,14H2,1-2H3,(H,24,25)/t17-,18+,21+,22-/m0/s1. The van der Waals surface area contributed by atoms with Crippen LogP contribution in [0.25, 0.3) is 0 Å². The molecule has 1 aliphatic carbocycles. The molecule has 0 aromatic carbocycles. The quantitative estimate of drug-likeness (QED) is 0.812. The van der Waals surface area contributed by atoms with Crippen LogP contribution in [-0.4, -0.2) is 57.6 Å². The number of piperidine rings is 3. The lowest BCUT2D eigenvalue weighted by atomic mass is 9.68. The first-order chi connectivity index (χ1) is 13.6. The van der Waals surface area contributed by atoms with Crippen LogP contribution in [0.4, 0.5) is 0 Å². The van der Waals surface area contributed by atoms with Gasteiger partial charge in [0.2, 0.25) is 0 Å². The van der Waals surface area contributed by atoms with Crippen molar-refractivity contribution in [2.75, 3.05) is 19.6 Å². The predicted molar refractivity (Wildman–Crippen MR) is 110 cm³/mol. The van der Waals surface area contributed by atoms with E-state index < -0.39 is 0 Å². The molecule has 1 aromatic heterocycles. The third-order valence-corrected chi connectivity index (χ3v) is 7.40. The highest BCUT2D eigenvalue weighted by molar-refractivity contribution is 5.93. The molecule has 3 fully saturated rings. The maximum atomic E-state index is 13.4. The number of hydrogen-bond donors (Lipinski definition) is 1. The molecule has 2 bridgehead atoms. The van der Waals surface area contributed by atoms with E-state index in [0.29, 0.717) is 29.5 Å². The molecule has 5 rings (SSSR count). The fourth-order valence-electron chi connectivity index (χ4n) is 6.36. The minimum absolute atomic E-state index is 0.126. The van der Waals surface area contributed by atoms with Crippen LogP contribution < -0.4 is 0 Å². The van der Waals surface area contributed by atoms with Crippen LogP contribution in [0.1, 0.15) is 68.6 Å². The molecule has 4 aliphatic rings. The van der Waals surface area contributed by atoms with Crippen LogP contribution >= 0.6 is 0 Å². The highest BCUT2D eigenvalue weighted by Gasteiger charge is 2.47. The number of aromatic nitrogens is 2. The van der Waals surface area contributed by atoms with Crippen molar-refractivity contribution in [2.45, 2.75) is 70.9 Å². The molecule has 4 atom stereocenters. The molecule has 0 radical (unpaired) electrons. The molecule has 3 aliphatic heterocycles. The minimum atomic E-state index is 0.126. The second kappa shape index (κ2) is 7.33. The predicted octanol–water partition coefficient (Wildman–Crippen LogP) is 3.64. The second-order valence-electron chi connectivity index (χ2n) is 9.88. The number of nitrogens with zero attached hydrogens (tertiary/aromatic N) is 3. The van der Waals surface area contributed by atoms with Gasteiger partial charge >= 0.3 is 0 Å². The number of amides is 1. The summed E-state index contributed by atoms with van der Waals surface area (Å²) in [5.41, 5.74) is 3.22. The van der Waals surface area contributed by atoms with Gasteiger partial charge in [-0.3, -0.25) is 14.8 Å². The highest BCUT2D eigenvalue weighted by Crippen LogP contribution is 2.45. The van der Waals surface area contributed by atoms with Gasteiger partial charge in [-0.25, -0.2) is 0 Å². The zero-order valence-corrected chi connectivity index (χ0v) is 17.4. The molecule has 3 saturated heterocycles. The fourth-order valence-corrected chi connectivity index (χ4v) is 6.36. The summed E-state index contributed by atoms with van der Waals surface area (Å²) >= 11 is 0. The molecular weight excluding hydrogens is 348 g/mol. The second-order valence-corrected chi connectivity index (χ2v) is 9.88. The van der Waals surface area contributed by atoms with Crippen LogP contribution in [0.3, 0.4) is 0 Å². The van der Waals surface area contributed by atoms with Crippen LogP contribution in [0.2, 0.25) is 0 Å². The molecule has 1 N–H and O–H groups in total. The molecule has 28 heavy (non-hydrogen) atoms. The first-order valence-electron chi connectivity index (χ1n) is 11.4. The van der Waals surface area contributed by atoms with Crippen molar-refractivity contribution >= 4 is 5.91 Å².